The fourth-order valence-electron chi connectivity index (χ4n) is 2.66. The van der Waals surface area contributed by atoms with E-state index in [4.69, 9.17) is 5.11 Å². The van der Waals surface area contributed by atoms with Crippen LogP contribution in [0.4, 0.5) is 0 Å². The third-order valence-corrected chi connectivity index (χ3v) is 3.54. The summed E-state index contributed by atoms with van der Waals surface area (Å²) in [5.74, 6) is -2.15. The first-order valence-corrected chi connectivity index (χ1v) is 6.46. The Bertz CT molecular complexity index is 550. The van der Waals surface area contributed by atoms with Crippen molar-refractivity contribution in [1.82, 2.24) is 4.90 Å². The first-order chi connectivity index (χ1) is 9.33. The molecule has 0 radical (unpaired) electrons. The lowest BCUT2D eigenvalue weighted by Crippen LogP contribution is -2.48. The molecule has 2 amide bonds. The lowest BCUT2D eigenvalue weighted by atomic mass is 9.96. The number of carboxylic acids is 1. The van der Waals surface area contributed by atoms with Gasteiger partial charge in [-0.1, -0.05) is 30.3 Å². The second-order valence-electron chi connectivity index (χ2n) is 5.62. The normalized spacial score (nSPS) is 19.5. The zero-order valence-corrected chi connectivity index (χ0v) is 11.5. The van der Waals surface area contributed by atoms with Gasteiger partial charge in [0, 0.05) is 6.42 Å². The van der Waals surface area contributed by atoms with E-state index in [1.165, 1.54) is 0 Å². The number of likely N-dealkylation sites (tertiary alicyclic amines) is 1. The van der Waals surface area contributed by atoms with E-state index in [9.17, 15) is 14.4 Å². The van der Waals surface area contributed by atoms with Crippen molar-refractivity contribution in [2.45, 2.75) is 38.1 Å². The van der Waals surface area contributed by atoms with E-state index in [2.05, 4.69) is 0 Å². The molecule has 20 heavy (non-hydrogen) atoms. The van der Waals surface area contributed by atoms with Gasteiger partial charge in [-0.25, -0.2) is 0 Å². The summed E-state index contributed by atoms with van der Waals surface area (Å²) in [6, 6.07) is 9.10. The van der Waals surface area contributed by atoms with Gasteiger partial charge < -0.3 is 5.11 Å². The van der Waals surface area contributed by atoms with Gasteiger partial charge in [0.05, 0.1) is 17.9 Å². The molecule has 1 atom stereocenters. The molecule has 1 fully saturated rings. The third-order valence-electron chi connectivity index (χ3n) is 3.54. The summed E-state index contributed by atoms with van der Waals surface area (Å²) in [6.07, 6.45) is -0.155. The van der Waals surface area contributed by atoms with Crippen LogP contribution < -0.4 is 0 Å². The maximum atomic E-state index is 12.5. The average Bonchev–Trinajstić information content (AvgIpc) is 2.65. The minimum absolute atomic E-state index is 0.103. The molecule has 106 valence electrons. The Balaban J connectivity index is 2.28. The number of hydrogen-bond acceptors (Lipinski definition) is 3. The number of aliphatic carboxylic acids is 1. The van der Waals surface area contributed by atoms with E-state index in [1.807, 2.05) is 30.3 Å². The summed E-state index contributed by atoms with van der Waals surface area (Å²) < 4.78 is 0. The Labute approximate surface area is 117 Å². The summed E-state index contributed by atoms with van der Waals surface area (Å²) in [7, 11) is 0. The second kappa shape index (κ2) is 5.07. The van der Waals surface area contributed by atoms with Crippen LogP contribution in [0.2, 0.25) is 0 Å². The molecule has 1 aromatic carbocycles. The van der Waals surface area contributed by atoms with E-state index in [1.54, 1.807) is 13.8 Å². The Hall–Kier alpha value is -2.17. The largest absolute Gasteiger partial charge is 0.481 e. The third kappa shape index (κ3) is 2.57. The highest BCUT2D eigenvalue weighted by molar-refractivity contribution is 6.07. The molecule has 1 aromatic rings. The van der Waals surface area contributed by atoms with Crippen LogP contribution in [0.1, 0.15) is 38.2 Å². The fourth-order valence-corrected chi connectivity index (χ4v) is 2.66. The number of carbonyl (C=O) groups excluding carboxylic acids is 2. The summed E-state index contributed by atoms with van der Waals surface area (Å²) in [6.45, 7) is 3.20. The molecule has 1 aliphatic rings. The van der Waals surface area contributed by atoms with Gasteiger partial charge in [0.25, 0.3) is 0 Å². The standard InChI is InChI=1S/C15H17NO4/c1-15(2,9-13(18)19)16-12(17)8-11(14(16)20)10-6-4-3-5-7-10/h3-7,11H,8-9H2,1-2H3,(H,18,19). The lowest BCUT2D eigenvalue weighted by molar-refractivity contribution is -0.148. The van der Waals surface area contributed by atoms with E-state index in [0.29, 0.717) is 0 Å². The minimum atomic E-state index is -1.03. The Morgan fingerprint density at radius 3 is 2.45 bits per heavy atom. The highest BCUT2D eigenvalue weighted by atomic mass is 16.4. The SMILES string of the molecule is CC(C)(CC(=O)O)N1C(=O)CC(c2ccccc2)C1=O. The van der Waals surface area contributed by atoms with Gasteiger partial charge in [0.2, 0.25) is 11.8 Å². The quantitative estimate of drug-likeness (QED) is 0.850. The van der Waals surface area contributed by atoms with Crippen LogP contribution in [-0.4, -0.2) is 33.3 Å². The summed E-state index contributed by atoms with van der Waals surface area (Å²) >= 11 is 0. The smallest absolute Gasteiger partial charge is 0.305 e. The molecule has 0 bridgehead atoms. The molecule has 1 heterocycles. The monoisotopic (exact) mass is 275 g/mol. The molecule has 0 spiro atoms. The van der Waals surface area contributed by atoms with Gasteiger partial charge in [-0.3, -0.25) is 19.3 Å². The lowest BCUT2D eigenvalue weighted by Gasteiger charge is -2.32. The van der Waals surface area contributed by atoms with Gasteiger partial charge in [0.15, 0.2) is 0 Å². The molecule has 0 aliphatic carbocycles. The van der Waals surface area contributed by atoms with Crippen LogP contribution in [0.15, 0.2) is 30.3 Å². The number of nitrogens with zero attached hydrogens (tertiary/aromatic N) is 1. The van der Waals surface area contributed by atoms with Gasteiger partial charge in [-0.15, -0.1) is 0 Å². The molecular weight excluding hydrogens is 258 g/mol. The molecule has 1 unspecified atom stereocenters. The number of amides is 2. The van der Waals surface area contributed by atoms with Crippen molar-refractivity contribution < 1.29 is 19.5 Å². The highest BCUT2D eigenvalue weighted by Crippen LogP contribution is 2.35. The second-order valence-corrected chi connectivity index (χ2v) is 5.62. The van der Waals surface area contributed by atoms with Crippen molar-refractivity contribution in [3.05, 3.63) is 35.9 Å². The van der Waals surface area contributed by atoms with Crippen LogP contribution >= 0.6 is 0 Å². The van der Waals surface area contributed by atoms with Crippen molar-refractivity contribution in [1.29, 1.82) is 0 Å². The first kappa shape index (κ1) is 14.2. The predicted molar refractivity (Wildman–Crippen MR) is 72.0 cm³/mol. The van der Waals surface area contributed by atoms with Gasteiger partial charge >= 0.3 is 5.97 Å². The van der Waals surface area contributed by atoms with Crippen molar-refractivity contribution in [2.24, 2.45) is 0 Å². The van der Waals surface area contributed by atoms with Gasteiger partial charge in [0.1, 0.15) is 0 Å². The molecule has 0 saturated carbocycles. The van der Waals surface area contributed by atoms with Gasteiger partial charge in [-0.2, -0.15) is 0 Å². The zero-order valence-electron chi connectivity index (χ0n) is 11.5. The maximum Gasteiger partial charge on any atom is 0.305 e. The molecule has 1 N–H and O–H groups in total. The van der Waals surface area contributed by atoms with E-state index in [0.717, 1.165) is 10.5 Å². The van der Waals surface area contributed by atoms with Crippen LogP contribution in [0, 0.1) is 0 Å². The molecular formula is C15H17NO4. The minimum Gasteiger partial charge on any atom is -0.481 e. The average molecular weight is 275 g/mol. The van der Waals surface area contributed by atoms with Crippen molar-refractivity contribution in [3.8, 4) is 0 Å². The van der Waals surface area contributed by atoms with Crippen LogP contribution in [0.3, 0.4) is 0 Å². The highest BCUT2D eigenvalue weighted by Gasteiger charge is 2.47. The Morgan fingerprint density at radius 1 is 1.30 bits per heavy atom. The number of hydrogen-bond donors (Lipinski definition) is 1. The van der Waals surface area contributed by atoms with Crippen molar-refractivity contribution >= 4 is 17.8 Å². The van der Waals surface area contributed by atoms with Crippen molar-refractivity contribution in [3.63, 3.8) is 0 Å². The number of imide groups is 1. The molecule has 2 rings (SSSR count). The molecule has 0 aromatic heterocycles. The first-order valence-electron chi connectivity index (χ1n) is 6.46. The van der Waals surface area contributed by atoms with Crippen molar-refractivity contribution in [2.75, 3.05) is 0 Å². The van der Waals surface area contributed by atoms with E-state index in [-0.39, 0.29) is 24.7 Å². The number of benzene rings is 1. The van der Waals surface area contributed by atoms with E-state index < -0.39 is 17.4 Å². The van der Waals surface area contributed by atoms with Crippen LogP contribution in [0.25, 0.3) is 0 Å². The maximum absolute atomic E-state index is 12.5. The molecule has 1 saturated heterocycles. The summed E-state index contributed by atoms with van der Waals surface area (Å²) in [5, 5.41) is 8.92. The Kier molecular flexibility index (Phi) is 3.61. The van der Waals surface area contributed by atoms with E-state index >= 15 is 0 Å². The topological polar surface area (TPSA) is 74.7 Å². The molecule has 1 aliphatic heterocycles. The number of carboxylic acid groups (broad SMARTS) is 1. The van der Waals surface area contributed by atoms with Crippen LogP contribution in [-0.2, 0) is 14.4 Å². The molecule has 5 heteroatoms. The molecule has 5 nitrogen and oxygen atoms in total. The van der Waals surface area contributed by atoms with Crippen LogP contribution in [0.5, 0.6) is 0 Å². The number of rotatable bonds is 4. The zero-order chi connectivity index (χ0) is 14.9. The Morgan fingerprint density at radius 2 is 1.90 bits per heavy atom. The number of carbonyl (C=O) groups is 3. The predicted octanol–water partition coefficient (Wildman–Crippen LogP) is 1.78. The summed E-state index contributed by atoms with van der Waals surface area (Å²) in [5.41, 5.74) is -0.219. The summed E-state index contributed by atoms with van der Waals surface area (Å²) in [4.78, 5) is 36.6. The van der Waals surface area contributed by atoms with Gasteiger partial charge in [-0.05, 0) is 19.4 Å². The fraction of sp³-hybridized carbons (Fsp3) is 0.400.